The van der Waals surface area contributed by atoms with Crippen molar-refractivity contribution in [3.05, 3.63) is 24.5 Å². The van der Waals surface area contributed by atoms with Gasteiger partial charge in [-0.25, -0.2) is 4.79 Å². The molecule has 1 saturated heterocycles. The van der Waals surface area contributed by atoms with Gasteiger partial charge in [-0.1, -0.05) is 6.08 Å². The zero-order valence-electron chi connectivity index (χ0n) is 14.1. The van der Waals surface area contributed by atoms with Crippen LogP contribution in [-0.2, 0) is 23.8 Å². The van der Waals surface area contributed by atoms with Crippen molar-refractivity contribution in [3.8, 4) is 0 Å². The van der Waals surface area contributed by atoms with Crippen LogP contribution in [0.2, 0.25) is 0 Å². The van der Waals surface area contributed by atoms with E-state index in [0.29, 0.717) is 0 Å². The Morgan fingerprint density at radius 1 is 1.15 bits per heavy atom. The first-order valence-electron chi connectivity index (χ1n) is 8.10. The number of hydrogen-bond acceptors (Lipinski definition) is 9. The largest absolute Gasteiger partial charge is 0.481 e. The SMILES string of the molecule is C=C[C@@H]1[C@H](O[C@H]2O[C@@H](CO)[C@@H](O)[C@H](O)[C@@H]2O)OC=C(C(=O)O)[C@H]1CC(=O)O. The van der Waals surface area contributed by atoms with Crippen molar-refractivity contribution >= 4 is 11.9 Å². The van der Waals surface area contributed by atoms with Crippen LogP contribution >= 0.6 is 0 Å². The van der Waals surface area contributed by atoms with Crippen LogP contribution in [-0.4, -0.2) is 86.2 Å². The molecule has 152 valence electrons. The third kappa shape index (κ3) is 4.46. The van der Waals surface area contributed by atoms with Crippen LogP contribution in [0.1, 0.15) is 6.42 Å². The van der Waals surface area contributed by atoms with Gasteiger partial charge >= 0.3 is 11.9 Å². The minimum atomic E-state index is -1.69. The van der Waals surface area contributed by atoms with E-state index in [-0.39, 0.29) is 5.57 Å². The molecular formula is C16H22O11. The lowest BCUT2D eigenvalue weighted by Gasteiger charge is -2.42. The molecule has 0 aromatic heterocycles. The highest BCUT2D eigenvalue weighted by atomic mass is 16.8. The van der Waals surface area contributed by atoms with E-state index in [1.165, 1.54) is 6.08 Å². The van der Waals surface area contributed by atoms with Crippen molar-refractivity contribution in [2.75, 3.05) is 6.61 Å². The van der Waals surface area contributed by atoms with Crippen LogP contribution in [0, 0.1) is 11.8 Å². The van der Waals surface area contributed by atoms with Gasteiger partial charge in [-0.15, -0.1) is 6.58 Å². The third-order valence-electron chi connectivity index (χ3n) is 4.54. The average molecular weight is 390 g/mol. The van der Waals surface area contributed by atoms with E-state index in [2.05, 4.69) is 6.58 Å². The topological polar surface area (TPSA) is 183 Å². The fraction of sp³-hybridized carbons (Fsp3) is 0.625. The van der Waals surface area contributed by atoms with Gasteiger partial charge in [-0.3, -0.25) is 4.79 Å². The molecule has 0 aromatic carbocycles. The van der Waals surface area contributed by atoms with Crippen LogP contribution in [0.15, 0.2) is 24.5 Å². The van der Waals surface area contributed by atoms with Crippen LogP contribution < -0.4 is 0 Å². The molecule has 2 rings (SSSR count). The number of aliphatic hydroxyl groups excluding tert-OH is 4. The number of aliphatic carboxylic acids is 2. The summed E-state index contributed by atoms with van der Waals surface area (Å²) < 4.78 is 15.9. The highest BCUT2D eigenvalue weighted by molar-refractivity contribution is 5.88. The summed E-state index contributed by atoms with van der Waals surface area (Å²) in [6.45, 7) is 2.89. The Labute approximate surface area is 153 Å². The molecule has 0 amide bonds. The van der Waals surface area contributed by atoms with Gasteiger partial charge in [0.2, 0.25) is 6.29 Å². The first kappa shape index (κ1) is 21.3. The highest BCUT2D eigenvalue weighted by Crippen LogP contribution is 2.36. The van der Waals surface area contributed by atoms with Crippen molar-refractivity contribution in [2.24, 2.45) is 11.8 Å². The monoisotopic (exact) mass is 390 g/mol. The quantitative estimate of drug-likeness (QED) is 0.265. The molecule has 0 unspecified atom stereocenters. The fourth-order valence-corrected chi connectivity index (χ4v) is 3.07. The van der Waals surface area contributed by atoms with Crippen molar-refractivity contribution < 1.29 is 54.4 Å². The Bertz CT molecular complexity index is 601. The van der Waals surface area contributed by atoms with Crippen LogP contribution in [0.5, 0.6) is 0 Å². The number of ether oxygens (including phenoxy) is 3. The number of rotatable bonds is 7. The van der Waals surface area contributed by atoms with E-state index >= 15 is 0 Å². The molecule has 0 bridgehead atoms. The summed E-state index contributed by atoms with van der Waals surface area (Å²) in [5.41, 5.74) is -0.282. The third-order valence-corrected chi connectivity index (χ3v) is 4.54. The molecule has 2 heterocycles. The Morgan fingerprint density at radius 2 is 1.81 bits per heavy atom. The Hall–Kier alpha value is -2.02. The smallest absolute Gasteiger partial charge is 0.335 e. The molecule has 0 saturated carbocycles. The van der Waals surface area contributed by atoms with Gasteiger partial charge < -0.3 is 44.8 Å². The lowest BCUT2D eigenvalue weighted by atomic mass is 9.81. The average Bonchev–Trinajstić information content (AvgIpc) is 2.61. The van der Waals surface area contributed by atoms with Crippen molar-refractivity contribution in [1.29, 1.82) is 0 Å². The number of carboxylic acids is 2. The van der Waals surface area contributed by atoms with Gasteiger partial charge in [-0.05, 0) is 0 Å². The van der Waals surface area contributed by atoms with Crippen LogP contribution in [0.3, 0.4) is 0 Å². The molecule has 0 aliphatic carbocycles. The predicted molar refractivity (Wildman–Crippen MR) is 84.9 cm³/mol. The Balaban J connectivity index is 2.23. The van der Waals surface area contributed by atoms with Gasteiger partial charge in [0.05, 0.1) is 24.9 Å². The summed E-state index contributed by atoms with van der Waals surface area (Å²) in [6, 6.07) is 0. The van der Waals surface area contributed by atoms with Crippen molar-refractivity contribution in [1.82, 2.24) is 0 Å². The second kappa shape index (κ2) is 8.78. The standard InChI is InChI=1S/C16H22O11/c1-2-6-7(3-10(18)19)8(14(23)24)5-25-15(6)27-16-13(22)12(21)11(20)9(4-17)26-16/h2,5-7,9,11-13,15-17,20-22H,1,3-4H2,(H,18,19)(H,23,24)/t6-,7-,9-,11+,12-,13-,15-,16+/m0/s1. The van der Waals surface area contributed by atoms with Crippen molar-refractivity contribution in [3.63, 3.8) is 0 Å². The molecule has 2 aliphatic heterocycles. The highest BCUT2D eigenvalue weighted by Gasteiger charge is 2.47. The van der Waals surface area contributed by atoms with Gasteiger partial charge in [0.1, 0.15) is 24.4 Å². The molecule has 8 atom stereocenters. The second-order valence-electron chi connectivity index (χ2n) is 6.23. The van der Waals surface area contributed by atoms with Gasteiger partial charge in [0.25, 0.3) is 0 Å². The summed E-state index contributed by atoms with van der Waals surface area (Å²) in [4.78, 5) is 22.5. The number of hydrogen-bond donors (Lipinski definition) is 6. The normalized spacial score (nSPS) is 39.2. The number of carboxylic acid groups (broad SMARTS) is 2. The summed E-state index contributed by atoms with van der Waals surface area (Å²) >= 11 is 0. The molecule has 11 nitrogen and oxygen atoms in total. The van der Waals surface area contributed by atoms with Crippen LogP contribution in [0.25, 0.3) is 0 Å². The molecule has 6 N–H and O–H groups in total. The molecular weight excluding hydrogens is 368 g/mol. The van der Waals surface area contributed by atoms with Gasteiger partial charge in [-0.2, -0.15) is 0 Å². The predicted octanol–water partition coefficient (Wildman–Crippen LogP) is -1.98. The number of carbonyl (C=O) groups is 2. The van der Waals surface area contributed by atoms with E-state index in [4.69, 9.17) is 19.3 Å². The first-order valence-corrected chi connectivity index (χ1v) is 8.10. The Kier molecular flexibility index (Phi) is 6.92. The van der Waals surface area contributed by atoms with Crippen LogP contribution in [0.4, 0.5) is 0 Å². The molecule has 2 aliphatic rings. The molecule has 1 fully saturated rings. The number of aliphatic hydroxyl groups is 4. The lowest BCUT2D eigenvalue weighted by molar-refractivity contribution is -0.339. The summed E-state index contributed by atoms with van der Waals surface area (Å²) in [5.74, 6) is -4.56. The molecule has 27 heavy (non-hydrogen) atoms. The summed E-state index contributed by atoms with van der Waals surface area (Å²) in [7, 11) is 0. The maximum atomic E-state index is 11.3. The maximum Gasteiger partial charge on any atom is 0.335 e. The molecule has 0 aromatic rings. The zero-order valence-corrected chi connectivity index (χ0v) is 14.1. The minimum Gasteiger partial charge on any atom is -0.481 e. The lowest BCUT2D eigenvalue weighted by Crippen LogP contribution is -2.60. The molecule has 0 radical (unpaired) electrons. The summed E-state index contributed by atoms with van der Waals surface area (Å²) in [6.07, 6.45) is -7.39. The van der Waals surface area contributed by atoms with Gasteiger partial charge in [0.15, 0.2) is 6.29 Å². The minimum absolute atomic E-state index is 0.282. The van der Waals surface area contributed by atoms with E-state index in [1.807, 2.05) is 0 Å². The zero-order chi connectivity index (χ0) is 20.3. The van der Waals surface area contributed by atoms with E-state index < -0.39 is 73.8 Å². The van der Waals surface area contributed by atoms with E-state index in [1.54, 1.807) is 0 Å². The first-order chi connectivity index (χ1) is 12.7. The Morgan fingerprint density at radius 3 is 2.33 bits per heavy atom. The van der Waals surface area contributed by atoms with E-state index in [0.717, 1.165) is 6.26 Å². The summed E-state index contributed by atoms with van der Waals surface area (Å²) in [5, 5.41) is 57.1. The molecule has 11 heteroatoms. The van der Waals surface area contributed by atoms with Gasteiger partial charge in [0, 0.05) is 11.8 Å². The maximum absolute atomic E-state index is 11.3. The van der Waals surface area contributed by atoms with E-state index in [9.17, 15) is 35.1 Å². The second-order valence-corrected chi connectivity index (χ2v) is 6.23. The van der Waals surface area contributed by atoms with Crippen molar-refractivity contribution in [2.45, 2.75) is 43.4 Å². The molecule has 0 spiro atoms. The fourth-order valence-electron chi connectivity index (χ4n) is 3.07.